The molecule has 112 valence electrons. The number of nitrogens with one attached hydrogen (secondary N) is 1. The molecule has 1 atom stereocenters. The SMILES string of the molecule is CS(=O)(=O)N1CCCC(CNCc2ccccc2Br)C1. The Hall–Kier alpha value is -0.430. The summed E-state index contributed by atoms with van der Waals surface area (Å²) >= 11 is 3.53. The number of halogens is 1. The first kappa shape index (κ1) is 15.9. The molecule has 0 bridgehead atoms. The first-order chi connectivity index (χ1) is 9.47. The van der Waals surface area contributed by atoms with Crippen LogP contribution in [0, 0.1) is 5.92 Å². The third-order valence-corrected chi connectivity index (χ3v) is 5.70. The highest BCUT2D eigenvalue weighted by atomic mass is 79.9. The first-order valence-electron chi connectivity index (χ1n) is 6.86. The van der Waals surface area contributed by atoms with Crippen LogP contribution in [0.25, 0.3) is 0 Å². The molecule has 1 saturated heterocycles. The van der Waals surface area contributed by atoms with Crippen LogP contribution in [-0.4, -0.2) is 38.6 Å². The van der Waals surface area contributed by atoms with Crippen molar-refractivity contribution in [1.29, 1.82) is 0 Å². The highest BCUT2D eigenvalue weighted by Gasteiger charge is 2.25. The van der Waals surface area contributed by atoms with Crippen LogP contribution in [0.5, 0.6) is 0 Å². The van der Waals surface area contributed by atoms with Crippen LogP contribution in [0.2, 0.25) is 0 Å². The van der Waals surface area contributed by atoms with Gasteiger partial charge in [0.05, 0.1) is 6.26 Å². The molecule has 1 aromatic rings. The van der Waals surface area contributed by atoms with E-state index in [1.54, 1.807) is 4.31 Å². The van der Waals surface area contributed by atoms with Crippen LogP contribution in [0.4, 0.5) is 0 Å². The molecule has 2 rings (SSSR count). The zero-order valence-electron chi connectivity index (χ0n) is 11.7. The number of piperidine rings is 1. The van der Waals surface area contributed by atoms with Crippen LogP contribution in [0.1, 0.15) is 18.4 Å². The summed E-state index contributed by atoms with van der Waals surface area (Å²) in [5.41, 5.74) is 1.23. The van der Waals surface area contributed by atoms with Gasteiger partial charge in [-0.2, -0.15) is 0 Å². The van der Waals surface area contributed by atoms with Crippen LogP contribution in [0.15, 0.2) is 28.7 Å². The molecule has 0 amide bonds. The summed E-state index contributed by atoms with van der Waals surface area (Å²) in [4.78, 5) is 0. The van der Waals surface area contributed by atoms with E-state index in [9.17, 15) is 8.42 Å². The number of sulfonamides is 1. The van der Waals surface area contributed by atoms with Gasteiger partial charge in [0.1, 0.15) is 0 Å². The molecule has 1 aliphatic heterocycles. The maximum absolute atomic E-state index is 11.6. The third-order valence-electron chi connectivity index (χ3n) is 3.66. The van der Waals surface area contributed by atoms with Crippen molar-refractivity contribution in [3.8, 4) is 0 Å². The molecule has 6 heteroatoms. The van der Waals surface area contributed by atoms with E-state index in [0.717, 1.165) is 30.4 Å². The molecule has 1 unspecified atom stereocenters. The average molecular weight is 361 g/mol. The molecule has 0 radical (unpaired) electrons. The van der Waals surface area contributed by atoms with Crippen LogP contribution >= 0.6 is 15.9 Å². The highest BCUT2D eigenvalue weighted by molar-refractivity contribution is 9.10. The van der Waals surface area contributed by atoms with Crippen molar-refractivity contribution in [3.05, 3.63) is 34.3 Å². The average Bonchev–Trinajstić information content (AvgIpc) is 2.40. The van der Waals surface area contributed by atoms with Crippen LogP contribution in [0.3, 0.4) is 0 Å². The van der Waals surface area contributed by atoms with E-state index in [1.165, 1.54) is 11.8 Å². The fourth-order valence-electron chi connectivity index (χ4n) is 2.55. The monoisotopic (exact) mass is 360 g/mol. The van der Waals surface area contributed by atoms with Gasteiger partial charge in [-0.25, -0.2) is 12.7 Å². The maximum atomic E-state index is 11.6. The Labute approximate surface area is 129 Å². The fourth-order valence-corrected chi connectivity index (χ4v) is 3.91. The van der Waals surface area contributed by atoms with Crippen molar-refractivity contribution in [1.82, 2.24) is 9.62 Å². The van der Waals surface area contributed by atoms with E-state index in [4.69, 9.17) is 0 Å². The molecule has 0 saturated carbocycles. The van der Waals surface area contributed by atoms with E-state index < -0.39 is 10.0 Å². The summed E-state index contributed by atoms with van der Waals surface area (Å²) in [6, 6.07) is 8.14. The Morgan fingerprint density at radius 2 is 2.15 bits per heavy atom. The second-order valence-electron chi connectivity index (χ2n) is 5.35. The van der Waals surface area contributed by atoms with E-state index in [1.807, 2.05) is 18.2 Å². The fraction of sp³-hybridized carbons (Fsp3) is 0.571. The summed E-state index contributed by atoms with van der Waals surface area (Å²) in [6.07, 6.45) is 3.34. The largest absolute Gasteiger partial charge is 0.312 e. The Morgan fingerprint density at radius 1 is 1.40 bits per heavy atom. The summed E-state index contributed by atoms with van der Waals surface area (Å²) in [5.74, 6) is 0.404. The van der Waals surface area contributed by atoms with Crippen molar-refractivity contribution in [2.75, 3.05) is 25.9 Å². The highest BCUT2D eigenvalue weighted by Crippen LogP contribution is 2.19. The van der Waals surface area contributed by atoms with Gasteiger partial charge in [-0.1, -0.05) is 34.1 Å². The summed E-state index contributed by atoms with van der Waals surface area (Å²) in [7, 11) is -3.04. The minimum Gasteiger partial charge on any atom is -0.312 e. The van der Waals surface area contributed by atoms with Gasteiger partial charge in [0.15, 0.2) is 0 Å². The third kappa shape index (κ3) is 4.55. The number of benzene rings is 1. The van der Waals surface area contributed by atoms with Crippen molar-refractivity contribution in [3.63, 3.8) is 0 Å². The normalized spacial score (nSPS) is 21.0. The molecule has 0 spiro atoms. The molecule has 1 fully saturated rings. The zero-order chi connectivity index (χ0) is 14.6. The Kier molecular flexibility index (Phi) is 5.60. The number of rotatable bonds is 5. The molecule has 0 aliphatic carbocycles. The van der Waals surface area contributed by atoms with Gasteiger partial charge in [0.25, 0.3) is 0 Å². The minimum atomic E-state index is -3.04. The Morgan fingerprint density at radius 3 is 2.85 bits per heavy atom. The molecular formula is C14H21BrN2O2S. The van der Waals surface area contributed by atoms with Gasteiger partial charge in [0, 0.05) is 24.1 Å². The van der Waals surface area contributed by atoms with Gasteiger partial charge in [-0.05, 0) is 36.9 Å². The lowest BCUT2D eigenvalue weighted by atomic mass is 9.99. The van der Waals surface area contributed by atoms with Crippen molar-refractivity contribution >= 4 is 26.0 Å². The standard InChI is InChI=1S/C14H21BrN2O2S/c1-20(18,19)17-8-4-5-12(11-17)9-16-10-13-6-2-3-7-14(13)15/h2-3,6-7,12,16H,4-5,8-11H2,1H3. The van der Waals surface area contributed by atoms with Gasteiger partial charge in [-0.15, -0.1) is 0 Å². The van der Waals surface area contributed by atoms with Gasteiger partial charge in [0.2, 0.25) is 10.0 Å². The first-order valence-corrected chi connectivity index (χ1v) is 9.50. The molecule has 4 nitrogen and oxygen atoms in total. The van der Waals surface area contributed by atoms with E-state index in [-0.39, 0.29) is 0 Å². The lowest BCUT2D eigenvalue weighted by Gasteiger charge is -2.31. The predicted octanol–water partition coefficient (Wildman–Crippen LogP) is 2.21. The second-order valence-corrected chi connectivity index (χ2v) is 8.19. The van der Waals surface area contributed by atoms with E-state index in [0.29, 0.717) is 19.0 Å². The predicted molar refractivity (Wildman–Crippen MR) is 85.0 cm³/mol. The topological polar surface area (TPSA) is 49.4 Å². The van der Waals surface area contributed by atoms with Gasteiger partial charge < -0.3 is 5.32 Å². The zero-order valence-corrected chi connectivity index (χ0v) is 14.1. The van der Waals surface area contributed by atoms with Crippen molar-refractivity contribution < 1.29 is 8.42 Å². The van der Waals surface area contributed by atoms with Crippen LogP contribution < -0.4 is 5.32 Å². The summed E-state index contributed by atoms with van der Waals surface area (Å²) in [6.45, 7) is 2.96. The maximum Gasteiger partial charge on any atom is 0.211 e. The molecule has 20 heavy (non-hydrogen) atoms. The second kappa shape index (κ2) is 7.02. The number of hydrogen-bond acceptors (Lipinski definition) is 3. The molecule has 1 N–H and O–H groups in total. The van der Waals surface area contributed by atoms with Crippen molar-refractivity contribution in [2.45, 2.75) is 19.4 Å². The summed E-state index contributed by atoms with van der Waals surface area (Å²) in [5, 5.41) is 3.43. The molecule has 1 heterocycles. The molecule has 0 aromatic heterocycles. The van der Waals surface area contributed by atoms with E-state index in [2.05, 4.69) is 27.3 Å². The molecular weight excluding hydrogens is 340 g/mol. The smallest absolute Gasteiger partial charge is 0.211 e. The number of hydrogen-bond donors (Lipinski definition) is 1. The lowest BCUT2D eigenvalue weighted by molar-refractivity contribution is 0.261. The van der Waals surface area contributed by atoms with E-state index >= 15 is 0 Å². The Balaban J connectivity index is 1.81. The Bertz CT molecular complexity index is 548. The quantitative estimate of drug-likeness (QED) is 0.875. The lowest BCUT2D eigenvalue weighted by Crippen LogP contribution is -2.42. The minimum absolute atomic E-state index is 0.404. The van der Waals surface area contributed by atoms with Gasteiger partial charge in [-0.3, -0.25) is 0 Å². The number of nitrogens with zero attached hydrogens (tertiary/aromatic N) is 1. The van der Waals surface area contributed by atoms with Gasteiger partial charge >= 0.3 is 0 Å². The molecule has 1 aliphatic rings. The van der Waals surface area contributed by atoms with Crippen LogP contribution in [-0.2, 0) is 16.6 Å². The summed E-state index contributed by atoms with van der Waals surface area (Å²) < 4.78 is 25.8. The van der Waals surface area contributed by atoms with Crippen molar-refractivity contribution in [2.24, 2.45) is 5.92 Å². The molecule has 1 aromatic carbocycles.